The summed E-state index contributed by atoms with van der Waals surface area (Å²) in [6.45, 7) is 4.72. The Bertz CT molecular complexity index is 1160. The summed E-state index contributed by atoms with van der Waals surface area (Å²) in [5.74, 6) is 0.324. The largest absolute Gasteiger partial charge is 0.313 e. The molecule has 2 aromatic carbocycles. The first-order valence-corrected chi connectivity index (χ1v) is 9.49. The minimum Gasteiger partial charge on any atom is -0.313 e. The summed E-state index contributed by atoms with van der Waals surface area (Å²) in [7, 11) is 1.91. The van der Waals surface area contributed by atoms with Gasteiger partial charge in [-0.2, -0.15) is 5.10 Å². The highest BCUT2D eigenvalue weighted by Crippen LogP contribution is 2.24. The number of nitrogens with zero attached hydrogens (tertiary/aromatic N) is 4. The minimum atomic E-state index is -0.187. The molecule has 2 aromatic heterocycles. The maximum atomic E-state index is 13.0. The summed E-state index contributed by atoms with van der Waals surface area (Å²) < 4.78 is 3.70. The average Bonchev–Trinajstić information content (AvgIpc) is 3.35. The second-order valence-electron chi connectivity index (χ2n) is 7.14. The van der Waals surface area contributed by atoms with E-state index in [-0.39, 0.29) is 5.91 Å². The van der Waals surface area contributed by atoms with E-state index in [2.05, 4.69) is 47.4 Å². The van der Waals surface area contributed by atoms with Crippen molar-refractivity contribution in [2.24, 2.45) is 7.05 Å². The molecule has 6 heteroatoms. The molecule has 0 aliphatic heterocycles. The molecule has 1 N–H and O–H groups in total. The van der Waals surface area contributed by atoms with Crippen LogP contribution in [0.4, 0.5) is 5.95 Å². The topological polar surface area (TPSA) is 64.7 Å². The Labute approximate surface area is 169 Å². The highest BCUT2D eigenvalue weighted by molar-refractivity contribution is 6.04. The molecule has 0 radical (unpaired) electrons. The smallest absolute Gasteiger partial charge is 0.258 e. The van der Waals surface area contributed by atoms with Crippen LogP contribution in [0.5, 0.6) is 0 Å². The van der Waals surface area contributed by atoms with Crippen molar-refractivity contribution in [3.63, 3.8) is 0 Å². The summed E-state index contributed by atoms with van der Waals surface area (Å²) in [5, 5.41) is 7.17. The van der Waals surface area contributed by atoms with E-state index in [4.69, 9.17) is 0 Å². The highest BCUT2D eigenvalue weighted by Gasteiger charge is 2.16. The number of carbonyl (C=O) groups is 1. The number of nitrogens with one attached hydrogen (secondary N) is 1. The van der Waals surface area contributed by atoms with Crippen LogP contribution in [-0.4, -0.2) is 25.2 Å². The zero-order chi connectivity index (χ0) is 20.4. The van der Waals surface area contributed by atoms with Crippen LogP contribution < -0.4 is 5.32 Å². The third-order valence-electron chi connectivity index (χ3n) is 5.17. The lowest BCUT2D eigenvalue weighted by Crippen LogP contribution is -2.18. The van der Waals surface area contributed by atoms with Gasteiger partial charge in [-0.3, -0.25) is 14.8 Å². The van der Waals surface area contributed by atoms with E-state index >= 15 is 0 Å². The van der Waals surface area contributed by atoms with Crippen molar-refractivity contribution in [3.05, 3.63) is 89.4 Å². The van der Waals surface area contributed by atoms with Gasteiger partial charge < -0.3 is 4.57 Å². The number of rotatable bonds is 5. The number of aromatic nitrogens is 4. The Balaban J connectivity index is 1.58. The molecule has 0 fully saturated rings. The Kier molecular flexibility index (Phi) is 4.99. The lowest BCUT2D eigenvalue weighted by molar-refractivity contribution is 0.102. The molecule has 0 aliphatic carbocycles. The van der Waals surface area contributed by atoms with E-state index < -0.39 is 0 Å². The van der Waals surface area contributed by atoms with E-state index in [0.717, 1.165) is 16.8 Å². The van der Waals surface area contributed by atoms with Crippen molar-refractivity contribution in [2.45, 2.75) is 20.4 Å². The van der Waals surface area contributed by atoms with E-state index in [9.17, 15) is 4.79 Å². The second-order valence-corrected chi connectivity index (χ2v) is 7.14. The molecule has 0 saturated carbocycles. The minimum absolute atomic E-state index is 0.187. The van der Waals surface area contributed by atoms with Crippen molar-refractivity contribution in [3.8, 4) is 11.3 Å². The van der Waals surface area contributed by atoms with Crippen LogP contribution in [0.15, 0.2) is 67.1 Å². The third kappa shape index (κ3) is 3.82. The fourth-order valence-electron chi connectivity index (χ4n) is 3.31. The standard InChI is InChI=1S/C23H23N5O/c1-16-9-10-18(13-17(16)2)21-14-24-23(27(21)3)26-22(29)20-8-5-4-7-19(20)15-28-12-6-11-25-28/h4-14H,15H2,1-3H3,(H,24,26,29). The predicted molar refractivity (Wildman–Crippen MR) is 114 cm³/mol. The predicted octanol–water partition coefficient (Wildman–Crippen LogP) is 4.20. The molecule has 6 nitrogen and oxygen atoms in total. The number of hydrogen-bond donors (Lipinski definition) is 1. The van der Waals surface area contributed by atoms with Gasteiger partial charge in [0.2, 0.25) is 5.95 Å². The van der Waals surface area contributed by atoms with Crippen molar-refractivity contribution in [2.75, 3.05) is 5.32 Å². The Morgan fingerprint density at radius 1 is 1.07 bits per heavy atom. The van der Waals surface area contributed by atoms with Crippen molar-refractivity contribution in [1.82, 2.24) is 19.3 Å². The maximum Gasteiger partial charge on any atom is 0.258 e. The molecule has 0 aliphatic rings. The zero-order valence-electron chi connectivity index (χ0n) is 16.8. The molecule has 1 amide bonds. The molecule has 0 bridgehead atoms. The van der Waals surface area contributed by atoms with Gasteiger partial charge in [0, 0.05) is 30.6 Å². The fourth-order valence-corrected chi connectivity index (χ4v) is 3.31. The molecule has 0 unspecified atom stereocenters. The van der Waals surface area contributed by atoms with Crippen LogP contribution in [0.3, 0.4) is 0 Å². The van der Waals surface area contributed by atoms with Crippen LogP contribution in [0.1, 0.15) is 27.0 Å². The van der Waals surface area contributed by atoms with E-state index in [1.807, 2.05) is 48.1 Å². The normalized spacial score (nSPS) is 10.9. The number of anilines is 1. The van der Waals surface area contributed by atoms with Gasteiger partial charge in [-0.25, -0.2) is 4.98 Å². The van der Waals surface area contributed by atoms with E-state index in [1.54, 1.807) is 17.1 Å². The highest BCUT2D eigenvalue weighted by atomic mass is 16.1. The van der Waals surface area contributed by atoms with Crippen molar-refractivity contribution >= 4 is 11.9 Å². The molecule has 2 heterocycles. The molecule has 0 atom stereocenters. The first-order valence-electron chi connectivity index (χ1n) is 9.49. The van der Waals surface area contributed by atoms with Gasteiger partial charge in [-0.1, -0.05) is 30.3 Å². The number of amides is 1. The SMILES string of the molecule is Cc1ccc(-c2cnc(NC(=O)c3ccccc3Cn3cccn3)n2C)cc1C. The first-order chi connectivity index (χ1) is 14.0. The van der Waals surface area contributed by atoms with Gasteiger partial charge in [0.25, 0.3) is 5.91 Å². The lowest BCUT2D eigenvalue weighted by Gasteiger charge is -2.11. The maximum absolute atomic E-state index is 13.0. The number of imidazole rings is 1. The van der Waals surface area contributed by atoms with E-state index in [1.165, 1.54) is 11.1 Å². The first kappa shape index (κ1) is 18.7. The van der Waals surface area contributed by atoms with Gasteiger partial charge in [-0.15, -0.1) is 0 Å². The monoisotopic (exact) mass is 385 g/mol. The Hall–Kier alpha value is -3.67. The van der Waals surface area contributed by atoms with Crippen LogP contribution in [0, 0.1) is 13.8 Å². The van der Waals surface area contributed by atoms with E-state index in [0.29, 0.717) is 18.1 Å². The molecule has 0 saturated heterocycles. The summed E-state index contributed by atoms with van der Waals surface area (Å²) in [6, 6.07) is 15.7. The molecule has 29 heavy (non-hydrogen) atoms. The summed E-state index contributed by atoms with van der Waals surface area (Å²) in [6.07, 6.45) is 5.39. The molecule has 146 valence electrons. The molecular formula is C23H23N5O. The van der Waals surface area contributed by atoms with Crippen LogP contribution in [-0.2, 0) is 13.6 Å². The van der Waals surface area contributed by atoms with Crippen molar-refractivity contribution < 1.29 is 4.79 Å². The molecule has 0 spiro atoms. The average molecular weight is 385 g/mol. The molecule has 4 rings (SSSR count). The third-order valence-corrected chi connectivity index (χ3v) is 5.17. The molecule has 4 aromatic rings. The van der Waals surface area contributed by atoms with Gasteiger partial charge in [-0.05, 0) is 48.7 Å². The van der Waals surface area contributed by atoms with Crippen LogP contribution in [0.25, 0.3) is 11.3 Å². The number of aryl methyl sites for hydroxylation is 2. The number of hydrogen-bond acceptors (Lipinski definition) is 3. The van der Waals surface area contributed by atoms with Gasteiger partial charge >= 0.3 is 0 Å². The van der Waals surface area contributed by atoms with Crippen LogP contribution in [0.2, 0.25) is 0 Å². The van der Waals surface area contributed by atoms with Gasteiger partial charge in [0.15, 0.2) is 0 Å². The Morgan fingerprint density at radius 2 is 1.90 bits per heavy atom. The fraction of sp³-hybridized carbons (Fsp3) is 0.174. The quantitative estimate of drug-likeness (QED) is 0.560. The summed E-state index contributed by atoms with van der Waals surface area (Å²) in [4.78, 5) is 17.4. The number of benzene rings is 2. The van der Waals surface area contributed by atoms with Gasteiger partial charge in [0.1, 0.15) is 0 Å². The lowest BCUT2D eigenvalue weighted by atomic mass is 10.0. The van der Waals surface area contributed by atoms with Crippen molar-refractivity contribution in [1.29, 1.82) is 0 Å². The second kappa shape index (κ2) is 7.75. The summed E-state index contributed by atoms with van der Waals surface area (Å²) >= 11 is 0. The zero-order valence-corrected chi connectivity index (χ0v) is 16.8. The van der Waals surface area contributed by atoms with Crippen LogP contribution >= 0.6 is 0 Å². The van der Waals surface area contributed by atoms with Gasteiger partial charge in [0.05, 0.1) is 18.4 Å². The summed E-state index contributed by atoms with van der Waals surface area (Å²) in [5.41, 5.74) is 6.01. The molecular weight excluding hydrogens is 362 g/mol. The Morgan fingerprint density at radius 3 is 2.66 bits per heavy atom. The number of carbonyl (C=O) groups excluding carboxylic acids is 1.